The average Bonchev–Trinajstić information content (AvgIpc) is 3.26. The highest BCUT2D eigenvalue weighted by molar-refractivity contribution is 5.77. The molecule has 0 saturated carbocycles. The number of benzene rings is 1. The summed E-state index contributed by atoms with van der Waals surface area (Å²) in [5.41, 5.74) is 2.16. The Labute approximate surface area is 137 Å². The number of methoxy groups -OCH3 is 1. The maximum absolute atomic E-state index is 11.4. The van der Waals surface area contributed by atoms with Gasteiger partial charge in [-0.05, 0) is 24.3 Å². The van der Waals surface area contributed by atoms with Gasteiger partial charge < -0.3 is 24.7 Å². The molecule has 0 amide bonds. The van der Waals surface area contributed by atoms with Crippen molar-refractivity contribution in [1.29, 1.82) is 0 Å². The minimum Gasteiger partial charge on any atom is -0.497 e. The lowest BCUT2D eigenvalue weighted by Gasteiger charge is -2.11. The van der Waals surface area contributed by atoms with E-state index in [1.807, 2.05) is 24.3 Å². The van der Waals surface area contributed by atoms with Crippen LogP contribution < -0.4 is 10.1 Å². The predicted octanol–water partition coefficient (Wildman–Crippen LogP) is 2.18. The average molecular weight is 328 g/mol. The Balaban J connectivity index is 1.72. The van der Waals surface area contributed by atoms with E-state index in [1.54, 1.807) is 19.4 Å². The van der Waals surface area contributed by atoms with E-state index in [0.717, 1.165) is 11.3 Å². The van der Waals surface area contributed by atoms with Crippen LogP contribution in [0.1, 0.15) is 5.69 Å². The molecule has 0 aliphatic rings. The van der Waals surface area contributed by atoms with Gasteiger partial charge in [0.2, 0.25) is 5.88 Å². The first-order valence-electron chi connectivity index (χ1n) is 7.23. The van der Waals surface area contributed by atoms with Crippen molar-refractivity contribution >= 4 is 11.9 Å². The molecule has 2 heterocycles. The molecular weight excluding hydrogens is 312 g/mol. The summed E-state index contributed by atoms with van der Waals surface area (Å²) in [5.74, 6) is 0.0332. The number of ether oxygens (including phenoxy) is 1. The third-order valence-electron chi connectivity index (χ3n) is 3.49. The molecule has 0 spiro atoms. The van der Waals surface area contributed by atoms with Crippen LogP contribution in [0.2, 0.25) is 0 Å². The number of nitrogens with zero attached hydrogens (tertiary/aromatic N) is 2. The molecule has 0 aliphatic carbocycles. The summed E-state index contributed by atoms with van der Waals surface area (Å²) >= 11 is 0. The number of carboxylic acids is 1. The van der Waals surface area contributed by atoms with Gasteiger partial charge in [-0.1, -0.05) is 5.16 Å². The number of hydrogen-bond acceptors (Lipinski definition) is 6. The van der Waals surface area contributed by atoms with Crippen molar-refractivity contribution in [3.63, 3.8) is 0 Å². The van der Waals surface area contributed by atoms with Crippen molar-refractivity contribution in [2.75, 3.05) is 12.4 Å². The molecule has 1 aromatic carbocycles. The minimum absolute atomic E-state index is 0.244. The molecule has 3 N–H and O–H groups in total. The van der Waals surface area contributed by atoms with Gasteiger partial charge in [0.05, 0.1) is 13.4 Å². The number of rotatable bonds is 7. The molecule has 1 atom stereocenters. The van der Waals surface area contributed by atoms with Gasteiger partial charge in [0, 0.05) is 29.9 Å². The number of H-pyrrole nitrogens is 1. The molecule has 8 nitrogen and oxygen atoms in total. The first kappa shape index (κ1) is 15.6. The molecule has 2 aromatic heterocycles. The molecule has 24 heavy (non-hydrogen) atoms. The zero-order valence-electron chi connectivity index (χ0n) is 12.9. The van der Waals surface area contributed by atoms with Crippen molar-refractivity contribution in [3.05, 3.63) is 48.5 Å². The summed E-state index contributed by atoms with van der Waals surface area (Å²) in [6.07, 6.45) is 3.33. The van der Waals surface area contributed by atoms with E-state index in [4.69, 9.17) is 9.26 Å². The maximum Gasteiger partial charge on any atom is 0.326 e. The van der Waals surface area contributed by atoms with Crippen molar-refractivity contribution in [1.82, 2.24) is 15.1 Å². The Morgan fingerprint density at radius 3 is 2.83 bits per heavy atom. The number of aromatic amines is 1. The lowest BCUT2D eigenvalue weighted by atomic mass is 10.1. The van der Waals surface area contributed by atoms with Crippen LogP contribution in [0.4, 0.5) is 5.88 Å². The van der Waals surface area contributed by atoms with E-state index >= 15 is 0 Å². The van der Waals surface area contributed by atoms with Gasteiger partial charge in [0.1, 0.15) is 17.5 Å². The summed E-state index contributed by atoms with van der Waals surface area (Å²) in [4.78, 5) is 18.2. The molecule has 3 rings (SSSR count). The number of anilines is 1. The number of hydrogen-bond donors (Lipinski definition) is 3. The number of nitrogens with one attached hydrogen (secondary N) is 2. The van der Waals surface area contributed by atoms with Crippen LogP contribution in [0.5, 0.6) is 5.75 Å². The van der Waals surface area contributed by atoms with Gasteiger partial charge in [-0.15, -0.1) is 0 Å². The van der Waals surface area contributed by atoms with Crippen LogP contribution in [0.3, 0.4) is 0 Å². The number of imidazole rings is 1. The van der Waals surface area contributed by atoms with Crippen molar-refractivity contribution in [2.24, 2.45) is 0 Å². The fraction of sp³-hybridized carbons (Fsp3) is 0.188. The minimum atomic E-state index is -0.994. The highest BCUT2D eigenvalue weighted by atomic mass is 16.5. The van der Waals surface area contributed by atoms with Gasteiger partial charge in [0.25, 0.3) is 0 Å². The van der Waals surface area contributed by atoms with Crippen molar-refractivity contribution in [2.45, 2.75) is 12.5 Å². The molecule has 0 bridgehead atoms. The summed E-state index contributed by atoms with van der Waals surface area (Å²) in [6.45, 7) is 0. The molecular formula is C16H16N4O4. The van der Waals surface area contributed by atoms with Gasteiger partial charge in [0.15, 0.2) is 0 Å². The largest absolute Gasteiger partial charge is 0.497 e. The Hall–Kier alpha value is -3.29. The van der Waals surface area contributed by atoms with E-state index in [-0.39, 0.29) is 12.3 Å². The highest BCUT2D eigenvalue weighted by Crippen LogP contribution is 2.24. The first-order valence-corrected chi connectivity index (χ1v) is 7.23. The molecule has 0 saturated heterocycles. The van der Waals surface area contributed by atoms with Gasteiger partial charge >= 0.3 is 5.97 Å². The molecule has 0 fully saturated rings. The topological polar surface area (TPSA) is 113 Å². The number of carboxylic acid groups (broad SMARTS) is 1. The van der Waals surface area contributed by atoms with Crippen LogP contribution in [-0.2, 0) is 11.2 Å². The van der Waals surface area contributed by atoms with Crippen LogP contribution in [0, 0.1) is 0 Å². The molecule has 0 radical (unpaired) electrons. The van der Waals surface area contributed by atoms with Crippen molar-refractivity contribution in [3.8, 4) is 17.0 Å². The molecule has 3 aromatic rings. The SMILES string of the molecule is COc1ccc(-c2cc(NC(Cc3cnc[nH]3)C(=O)O)on2)cc1. The third-order valence-corrected chi connectivity index (χ3v) is 3.49. The van der Waals surface area contributed by atoms with Crippen LogP contribution in [0.25, 0.3) is 11.3 Å². The quantitative estimate of drug-likeness (QED) is 0.609. The van der Waals surface area contributed by atoms with E-state index < -0.39 is 12.0 Å². The molecule has 0 aliphatic heterocycles. The van der Waals surface area contributed by atoms with Gasteiger partial charge in [-0.3, -0.25) is 0 Å². The van der Waals surface area contributed by atoms with Gasteiger partial charge in [-0.2, -0.15) is 0 Å². The highest BCUT2D eigenvalue weighted by Gasteiger charge is 2.20. The summed E-state index contributed by atoms with van der Waals surface area (Å²) < 4.78 is 10.3. The molecule has 124 valence electrons. The number of aliphatic carboxylic acids is 1. The Kier molecular flexibility index (Phi) is 4.46. The Bertz CT molecular complexity index is 796. The monoisotopic (exact) mass is 328 g/mol. The zero-order valence-corrected chi connectivity index (χ0v) is 12.9. The van der Waals surface area contributed by atoms with Crippen LogP contribution in [-0.4, -0.2) is 39.4 Å². The molecule has 8 heteroatoms. The van der Waals surface area contributed by atoms with E-state index in [2.05, 4.69) is 20.4 Å². The smallest absolute Gasteiger partial charge is 0.326 e. The Morgan fingerprint density at radius 1 is 1.42 bits per heavy atom. The lowest BCUT2D eigenvalue weighted by molar-refractivity contribution is -0.137. The first-order chi connectivity index (χ1) is 11.7. The number of aromatic nitrogens is 3. The zero-order chi connectivity index (χ0) is 16.9. The molecule has 1 unspecified atom stereocenters. The second-order valence-electron chi connectivity index (χ2n) is 5.12. The van der Waals surface area contributed by atoms with Crippen molar-refractivity contribution < 1.29 is 19.2 Å². The fourth-order valence-corrected chi connectivity index (χ4v) is 2.23. The van der Waals surface area contributed by atoms with Gasteiger partial charge in [-0.25, -0.2) is 9.78 Å². The second kappa shape index (κ2) is 6.86. The Morgan fingerprint density at radius 2 is 2.21 bits per heavy atom. The normalized spacial score (nSPS) is 11.9. The van der Waals surface area contributed by atoms with E-state index in [0.29, 0.717) is 11.4 Å². The van der Waals surface area contributed by atoms with Crippen LogP contribution >= 0.6 is 0 Å². The standard InChI is InChI=1S/C16H16N4O4/c1-23-12-4-2-10(3-5-12)13-7-15(24-20-13)19-14(16(21)22)6-11-8-17-9-18-11/h2-5,7-9,14,19H,6H2,1H3,(H,17,18)(H,21,22). The maximum atomic E-state index is 11.4. The van der Waals surface area contributed by atoms with E-state index in [9.17, 15) is 9.90 Å². The summed E-state index contributed by atoms with van der Waals surface area (Å²) in [6, 6.07) is 8.12. The lowest BCUT2D eigenvalue weighted by Crippen LogP contribution is -2.31. The number of carbonyl (C=O) groups is 1. The second-order valence-corrected chi connectivity index (χ2v) is 5.12. The summed E-state index contributed by atoms with van der Waals surface area (Å²) in [7, 11) is 1.60. The fourth-order valence-electron chi connectivity index (χ4n) is 2.23. The van der Waals surface area contributed by atoms with E-state index in [1.165, 1.54) is 6.33 Å². The third kappa shape index (κ3) is 3.54. The van der Waals surface area contributed by atoms with Crippen LogP contribution in [0.15, 0.2) is 47.4 Å². The predicted molar refractivity (Wildman–Crippen MR) is 85.8 cm³/mol. The summed E-state index contributed by atoms with van der Waals surface area (Å²) in [5, 5.41) is 16.1.